The van der Waals surface area contributed by atoms with Crippen molar-refractivity contribution in [1.82, 2.24) is 5.43 Å². The second-order valence-electron chi connectivity index (χ2n) is 7.61. The molecule has 0 bridgehead atoms. The summed E-state index contributed by atoms with van der Waals surface area (Å²) in [5.41, 5.74) is 2.90. The van der Waals surface area contributed by atoms with E-state index in [0.717, 1.165) is 0 Å². The average Bonchev–Trinajstić information content (AvgIpc) is 2.41. The van der Waals surface area contributed by atoms with Crippen LogP contribution in [0.4, 0.5) is 0 Å². The van der Waals surface area contributed by atoms with E-state index in [2.05, 4.69) is 10.5 Å². The highest BCUT2D eigenvalue weighted by molar-refractivity contribution is 6.30. The standard InChI is InChI=1S/C18H25ClN2O2/c1-17(2,3)14(11-15(22)18(4,5)6)20-21-16(23)12-7-9-13(19)10-8-12/h7-10H,11H2,1-6H3,(H,21,23)/b20-14+. The van der Waals surface area contributed by atoms with Gasteiger partial charge in [0.15, 0.2) is 0 Å². The molecule has 5 heteroatoms. The molecule has 0 aromatic heterocycles. The van der Waals surface area contributed by atoms with Gasteiger partial charge in [0.25, 0.3) is 5.91 Å². The Labute approximate surface area is 143 Å². The number of hydrogen-bond donors (Lipinski definition) is 1. The van der Waals surface area contributed by atoms with E-state index in [4.69, 9.17) is 11.6 Å². The predicted octanol–water partition coefficient (Wildman–Crippen LogP) is 4.48. The maximum absolute atomic E-state index is 12.3. The Kier molecular flexibility index (Phi) is 6.11. The van der Waals surface area contributed by atoms with Crippen LogP contribution in [0.3, 0.4) is 0 Å². The Morgan fingerprint density at radius 3 is 1.96 bits per heavy atom. The lowest BCUT2D eigenvalue weighted by Gasteiger charge is -2.24. The van der Waals surface area contributed by atoms with Gasteiger partial charge in [0.1, 0.15) is 5.78 Å². The molecule has 1 amide bonds. The fourth-order valence-corrected chi connectivity index (χ4v) is 1.80. The number of nitrogens with one attached hydrogen (secondary N) is 1. The van der Waals surface area contributed by atoms with Gasteiger partial charge >= 0.3 is 0 Å². The summed E-state index contributed by atoms with van der Waals surface area (Å²) in [6.07, 6.45) is 0.216. The molecule has 1 rings (SSSR count). The highest BCUT2D eigenvalue weighted by atomic mass is 35.5. The van der Waals surface area contributed by atoms with Gasteiger partial charge in [-0.05, 0) is 24.3 Å². The van der Waals surface area contributed by atoms with Crippen LogP contribution in [0.1, 0.15) is 58.3 Å². The fraction of sp³-hybridized carbons (Fsp3) is 0.500. The van der Waals surface area contributed by atoms with Crippen molar-refractivity contribution in [2.45, 2.75) is 48.0 Å². The molecule has 0 spiro atoms. The highest BCUT2D eigenvalue weighted by Gasteiger charge is 2.28. The average molecular weight is 337 g/mol. The molecule has 1 aromatic rings. The van der Waals surface area contributed by atoms with Crippen molar-refractivity contribution in [2.24, 2.45) is 15.9 Å². The number of benzene rings is 1. The smallest absolute Gasteiger partial charge is 0.271 e. The molecule has 126 valence electrons. The largest absolute Gasteiger partial charge is 0.299 e. The number of carbonyl (C=O) groups is 2. The van der Waals surface area contributed by atoms with Gasteiger partial charge in [0.05, 0.1) is 5.71 Å². The first-order valence-corrected chi connectivity index (χ1v) is 7.95. The van der Waals surface area contributed by atoms with Gasteiger partial charge in [0.2, 0.25) is 0 Å². The van der Waals surface area contributed by atoms with Gasteiger partial charge in [0, 0.05) is 27.8 Å². The highest BCUT2D eigenvalue weighted by Crippen LogP contribution is 2.24. The number of ketones is 1. The molecule has 0 unspecified atom stereocenters. The van der Waals surface area contributed by atoms with Crippen molar-refractivity contribution >= 4 is 29.0 Å². The number of carbonyl (C=O) groups excluding carboxylic acids is 2. The summed E-state index contributed by atoms with van der Waals surface area (Å²) < 4.78 is 0. The van der Waals surface area contributed by atoms with Crippen LogP contribution in [0.5, 0.6) is 0 Å². The summed E-state index contributed by atoms with van der Waals surface area (Å²) in [5, 5.41) is 4.78. The van der Waals surface area contributed by atoms with Crippen LogP contribution in [0, 0.1) is 10.8 Å². The van der Waals surface area contributed by atoms with Crippen LogP contribution in [-0.2, 0) is 4.79 Å². The van der Waals surface area contributed by atoms with Crippen molar-refractivity contribution in [3.63, 3.8) is 0 Å². The number of amides is 1. The number of rotatable bonds is 4. The van der Waals surface area contributed by atoms with E-state index in [1.165, 1.54) is 0 Å². The lowest BCUT2D eigenvalue weighted by Crippen LogP contribution is -2.32. The van der Waals surface area contributed by atoms with Crippen LogP contribution in [0.25, 0.3) is 0 Å². The molecular formula is C18H25ClN2O2. The summed E-state index contributed by atoms with van der Waals surface area (Å²) >= 11 is 5.81. The molecule has 0 saturated carbocycles. The van der Waals surface area contributed by atoms with Crippen LogP contribution in [0.2, 0.25) is 5.02 Å². The zero-order valence-corrected chi connectivity index (χ0v) is 15.4. The second kappa shape index (κ2) is 7.26. The first-order valence-electron chi connectivity index (χ1n) is 7.57. The zero-order chi connectivity index (χ0) is 17.8. The number of hydrogen-bond acceptors (Lipinski definition) is 3. The summed E-state index contributed by atoms with van der Waals surface area (Å²) in [5.74, 6) is -0.237. The minimum atomic E-state index is -0.438. The Bertz CT molecular complexity index is 605. The van der Waals surface area contributed by atoms with E-state index in [0.29, 0.717) is 16.3 Å². The first-order chi connectivity index (χ1) is 10.4. The molecule has 0 saturated heterocycles. The second-order valence-corrected chi connectivity index (χ2v) is 8.04. The maximum Gasteiger partial charge on any atom is 0.271 e. The van der Waals surface area contributed by atoms with Crippen LogP contribution in [-0.4, -0.2) is 17.4 Å². The Hall–Kier alpha value is -1.68. The minimum Gasteiger partial charge on any atom is -0.299 e. The SMILES string of the molecule is CC(C)(C)C(=O)C/C(=N\NC(=O)c1ccc(Cl)cc1)C(C)(C)C. The van der Waals surface area contributed by atoms with Gasteiger partial charge in [-0.2, -0.15) is 5.10 Å². The summed E-state index contributed by atoms with van der Waals surface area (Å²) in [4.78, 5) is 24.4. The monoisotopic (exact) mass is 336 g/mol. The van der Waals surface area contributed by atoms with Gasteiger partial charge < -0.3 is 0 Å². The molecule has 0 heterocycles. The topological polar surface area (TPSA) is 58.5 Å². The molecule has 4 nitrogen and oxygen atoms in total. The molecule has 0 aliphatic rings. The van der Waals surface area contributed by atoms with Crippen molar-refractivity contribution in [1.29, 1.82) is 0 Å². The van der Waals surface area contributed by atoms with Gasteiger partial charge in [-0.25, -0.2) is 5.43 Å². The molecule has 0 fully saturated rings. The Morgan fingerprint density at radius 2 is 1.52 bits per heavy atom. The molecule has 0 aliphatic heterocycles. The van der Waals surface area contributed by atoms with E-state index >= 15 is 0 Å². The fourth-order valence-electron chi connectivity index (χ4n) is 1.67. The summed E-state index contributed by atoms with van der Waals surface area (Å²) in [6, 6.07) is 6.55. The third-order valence-corrected chi connectivity index (χ3v) is 3.68. The van der Waals surface area contributed by atoms with Gasteiger partial charge in [-0.15, -0.1) is 0 Å². The van der Waals surface area contributed by atoms with Crippen molar-refractivity contribution < 1.29 is 9.59 Å². The van der Waals surface area contributed by atoms with Crippen LogP contribution < -0.4 is 5.43 Å². The van der Waals surface area contributed by atoms with Crippen LogP contribution >= 0.6 is 11.6 Å². The number of hydrazone groups is 1. The van der Waals surface area contributed by atoms with E-state index in [9.17, 15) is 9.59 Å². The number of halogens is 1. The van der Waals surface area contributed by atoms with E-state index in [1.54, 1.807) is 24.3 Å². The van der Waals surface area contributed by atoms with Crippen molar-refractivity contribution in [3.8, 4) is 0 Å². The summed E-state index contributed by atoms with van der Waals surface area (Å²) in [7, 11) is 0. The molecule has 0 aliphatic carbocycles. The maximum atomic E-state index is 12.3. The lowest BCUT2D eigenvalue weighted by atomic mass is 9.81. The third kappa shape index (κ3) is 6.14. The Balaban J connectivity index is 2.91. The molecule has 23 heavy (non-hydrogen) atoms. The third-order valence-electron chi connectivity index (χ3n) is 3.43. The predicted molar refractivity (Wildman–Crippen MR) is 94.9 cm³/mol. The molecule has 0 atom stereocenters. The minimum absolute atomic E-state index is 0.0897. The van der Waals surface area contributed by atoms with Crippen molar-refractivity contribution in [2.75, 3.05) is 0 Å². The molecular weight excluding hydrogens is 312 g/mol. The quantitative estimate of drug-likeness (QED) is 0.651. The lowest BCUT2D eigenvalue weighted by molar-refractivity contribution is -0.125. The molecule has 1 N–H and O–H groups in total. The van der Waals surface area contributed by atoms with E-state index in [1.807, 2.05) is 41.5 Å². The van der Waals surface area contributed by atoms with Crippen molar-refractivity contribution in [3.05, 3.63) is 34.9 Å². The Morgan fingerprint density at radius 1 is 1.00 bits per heavy atom. The zero-order valence-electron chi connectivity index (χ0n) is 14.7. The van der Waals surface area contributed by atoms with Gasteiger partial charge in [-0.3, -0.25) is 9.59 Å². The van der Waals surface area contributed by atoms with E-state index in [-0.39, 0.29) is 23.5 Å². The number of nitrogens with zero attached hydrogens (tertiary/aromatic N) is 1. The first kappa shape index (κ1) is 19.4. The molecule has 0 radical (unpaired) electrons. The van der Waals surface area contributed by atoms with Crippen LogP contribution in [0.15, 0.2) is 29.4 Å². The normalized spacial score (nSPS) is 12.9. The van der Waals surface area contributed by atoms with E-state index < -0.39 is 5.41 Å². The van der Waals surface area contributed by atoms with Gasteiger partial charge in [-0.1, -0.05) is 53.1 Å². The molecule has 1 aromatic carbocycles. The number of Topliss-reactive ketones (excluding diaryl/α,β-unsaturated/α-hetero) is 1. The summed E-state index contributed by atoms with van der Waals surface area (Å²) in [6.45, 7) is 11.5.